The first kappa shape index (κ1) is 10.5. The van der Waals surface area contributed by atoms with Gasteiger partial charge in [-0.2, -0.15) is 5.26 Å². The maximum atomic E-state index is 10.8. The van der Waals surface area contributed by atoms with E-state index in [0.29, 0.717) is 19.5 Å². The molecule has 0 fully saturated rings. The lowest BCUT2D eigenvalue weighted by Crippen LogP contribution is -2.34. The SMILES string of the molecule is N#CCc1ccc2c(c1)CCN(C(=O)O)C2. The van der Waals surface area contributed by atoms with E-state index < -0.39 is 6.09 Å². The molecule has 0 radical (unpaired) electrons. The van der Waals surface area contributed by atoms with Crippen molar-refractivity contribution in [1.29, 1.82) is 5.26 Å². The minimum absolute atomic E-state index is 0.413. The van der Waals surface area contributed by atoms with Crippen molar-refractivity contribution in [2.24, 2.45) is 0 Å². The van der Waals surface area contributed by atoms with Gasteiger partial charge in [0, 0.05) is 13.1 Å². The molecule has 1 aliphatic heterocycles. The minimum atomic E-state index is -0.869. The second kappa shape index (κ2) is 4.23. The molecule has 82 valence electrons. The van der Waals surface area contributed by atoms with Gasteiger partial charge in [0.15, 0.2) is 0 Å². The Balaban J connectivity index is 2.22. The first-order chi connectivity index (χ1) is 7.70. The number of nitriles is 1. The average molecular weight is 216 g/mol. The summed E-state index contributed by atoms with van der Waals surface area (Å²) in [5, 5.41) is 17.5. The Hall–Kier alpha value is -2.02. The molecule has 0 saturated heterocycles. The number of carboxylic acid groups (broad SMARTS) is 1. The van der Waals surface area contributed by atoms with Crippen LogP contribution in [0.3, 0.4) is 0 Å². The molecule has 0 bridgehead atoms. The summed E-state index contributed by atoms with van der Waals surface area (Å²) in [6, 6.07) is 7.95. The zero-order chi connectivity index (χ0) is 11.5. The summed E-state index contributed by atoms with van der Waals surface area (Å²) >= 11 is 0. The van der Waals surface area contributed by atoms with Crippen LogP contribution in [0, 0.1) is 11.3 Å². The molecule has 0 saturated carbocycles. The van der Waals surface area contributed by atoms with Gasteiger partial charge in [0.05, 0.1) is 12.5 Å². The maximum absolute atomic E-state index is 10.8. The molecule has 2 rings (SSSR count). The number of carbonyl (C=O) groups is 1. The van der Waals surface area contributed by atoms with Gasteiger partial charge in [0.25, 0.3) is 0 Å². The molecule has 0 aromatic heterocycles. The lowest BCUT2D eigenvalue weighted by molar-refractivity contribution is 0.140. The van der Waals surface area contributed by atoms with Gasteiger partial charge in [-0.15, -0.1) is 0 Å². The van der Waals surface area contributed by atoms with Crippen molar-refractivity contribution in [3.63, 3.8) is 0 Å². The maximum Gasteiger partial charge on any atom is 0.407 e. The first-order valence-electron chi connectivity index (χ1n) is 5.16. The highest BCUT2D eigenvalue weighted by Crippen LogP contribution is 2.20. The zero-order valence-electron chi connectivity index (χ0n) is 8.81. The van der Waals surface area contributed by atoms with Crippen molar-refractivity contribution >= 4 is 6.09 Å². The summed E-state index contributed by atoms with van der Waals surface area (Å²) in [6.07, 6.45) is 0.281. The molecule has 1 amide bonds. The minimum Gasteiger partial charge on any atom is -0.465 e. The summed E-state index contributed by atoms with van der Waals surface area (Å²) in [5.74, 6) is 0. The molecule has 0 atom stereocenters. The second-order valence-electron chi connectivity index (χ2n) is 3.89. The largest absolute Gasteiger partial charge is 0.465 e. The van der Waals surface area contributed by atoms with Crippen molar-refractivity contribution in [3.05, 3.63) is 34.9 Å². The van der Waals surface area contributed by atoms with E-state index in [4.69, 9.17) is 10.4 Å². The van der Waals surface area contributed by atoms with Crippen molar-refractivity contribution in [1.82, 2.24) is 4.90 Å². The van der Waals surface area contributed by atoms with Crippen LogP contribution in [0.5, 0.6) is 0 Å². The smallest absolute Gasteiger partial charge is 0.407 e. The molecule has 4 heteroatoms. The van der Waals surface area contributed by atoms with Crippen molar-refractivity contribution < 1.29 is 9.90 Å². The Morgan fingerprint density at radius 3 is 3.00 bits per heavy atom. The normalized spacial score (nSPS) is 14.1. The Morgan fingerprint density at radius 2 is 2.31 bits per heavy atom. The number of nitrogens with zero attached hydrogens (tertiary/aromatic N) is 2. The quantitative estimate of drug-likeness (QED) is 0.778. The van der Waals surface area contributed by atoms with E-state index >= 15 is 0 Å². The zero-order valence-corrected chi connectivity index (χ0v) is 8.81. The standard InChI is InChI=1S/C12H12N2O2/c13-5-3-9-1-2-11-8-14(12(15)16)6-4-10(11)7-9/h1-2,7H,3-4,6,8H2,(H,15,16). The van der Waals surface area contributed by atoms with E-state index in [0.717, 1.165) is 17.5 Å². The van der Waals surface area contributed by atoms with Gasteiger partial charge in [-0.3, -0.25) is 0 Å². The first-order valence-corrected chi connectivity index (χ1v) is 5.16. The Kier molecular flexibility index (Phi) is 2.78. The summed E-state index contributed by atoms with van der Waals surface area (Å²) < 4.78 is 0. The van der Waals surface area contributed by atoms with E-state index in [9.17, 15) is 4.79 Å². The highest BCUT2D eigenvalue weighted by atomic mass is 16.4. The van der Waals surface area contributed by atoms with E-state index in [1.165, 1.54) is 10.5 Å². The summed E-state index contributed by atoms with van der Waals surface area (Å²) in [5.41, 5.74) is 3.23. The molecule has 0 aliphatic carbocycles. The Morgan fingerprint density at radius 1 is 1.50 bits per heavy atom. The van der Waals surface area contributed by atoms with Crippen LogP contribution in [0.15, 0.2) is 18.2 Å². The Bertz CT molecular complexity index is 463. The molecular weight excluding hydrogens is 204 g/mol. The number of hydrogen-bond donors (Lipinski definition) is 1. The van der Waals surface area contributed by atoms with Crippen LogP contribution in [0.2, 0.25) is 0 Å². The van der Waals surface area contributed by atoms with E-state index in [-0.39, 0.29) is 0 Å². The fraction of sp³-hybridized carbons (Fsp3) is 0.333. The predicted molar refractivity (Wildman–Crippen MR) is 57.9 cm³/mol. The van der Waals surface area contributed by atoms with Gasteiger partial charge < -0.3 is 10.0 Å². The van der Waals surface area contributed by atoms with Gasteiger partial charge >= 0.3 is 6.09 Å². The number of fused-ring (bicyclic) bond motifs is 1. The molecule has 1 N–H and O–H groups in total. The highest BCUT2D eigenvalue weighted by Gasteiger charge is 2.19. The van der Waals surface area contributed by atoms with Crippen LogP contribution in [0.25, 0.3) is 0 Å². The molecule has 0 unspecified atom stereocenters. The second-order valence-corrected chi connectivity index (χ2v) is 3.89. The number of benzene rings is 1. The van der Waals surface area contributed by atoms with Gasteiger partial charge in [-0.25, -0.2) is 4.79 Å². The molecule has 4 nitrogen and oxygen atoms in total. The van der Waals surface area contributed by atoms with E-state index in [1.54, 1.807) is 0 Å². The fourth-order valence-electron chi connectivity index (χ4n) is 1.97. The lowest BCUT2D eigenvalue weighted by Gasteiger charge is -2.26. The third-order valence-electron chi connectivity index (χ3n) is 2.84. The number of rotatable bonds is 1. The van der Waals surface area contributed by atoms with E-state index in [2.05, 4.69) is 6.07 Å². The number of amides is 1. The van der Waals surface area contributed by atoms with Crippen LogP contribution < -0.4 is 0 Å². The lowest BCUT2D eigenvalue weighted by atomic mass is 9.97. The summed E-state index contributed by atoms with van der Waals surface area (Å²) in [6.45, 7) is 0.996. The van der Waals surface area contributed by atoms with Crippen LogP contribution >= 0.6 is 0 Å². The molecule has 1 heterocycles. The molecule has 1 aromatic carbocycles. The highest BCUT2D eigenvalue weighted by molar-refractivity contribution is 5.65. The van der Waals surface area contributed by atoms with Crippen LogP contribution in [-0.4, -0.2) is 22.6 Å². The topological polar surface area (TPSA) is 64.3 Å². The predicted octanol–water partition coefficient (Wildman–Crippen LogP) is 1.79. The van der Waals surface area contributed by atoms with Crippen molar-refractivity contribution in [2.75, 3.05) is 6.54 Å². The monoisotopic (exact) mass is 216 g/mol. The molecule has 1 aromatic rings. The van der Waals surface area contributed by atoms with Crippen LogP contribution in [-0.2, 0) is 19.4 Å². The summed E-state index contributed by atoms with van der Waals surface area (Å²) in [7, 11) is 0. The van der Waals surface area contributed by atoms with Crippen molar-refractivity contribution in [2.45, 2.75) is 19.4 Å². The van der Waals surface area contributed by atoms with Gasteiger partial charge in [-0.05, 0) is 23.1 Å². The molecular formula is C12H12N2O2. The van der Waals surface area contributed by atoms with Gasteiger partial charge in [-0.1, -0.05) is 18.2 Å². The van der Waals surface area contributed by atoms with Crippen LogP contribution in [0.1, 0.15) is 16.7 Å². The molecule has 0 spiro atoms. The Labute approximate surface area is 93.7 Å². The van der Waals surface area contributed by atoms with Crippen LogP contribution in [0.4, 0.5) is 4.79 Å². The summed E-state index contributed by atoms with van der Waals surface area (Å²) in [4.78, 5) is 12.2. The number of hydrogen-bond acceptors (Lipinski definition) is 2. The van der Waals surface area contributed by atoms with Gasteiger partial charge in [0.2, 0.25) is 0 Å². The van der Waals surface area contributed by atoms with Crippen molar-refractivity contribution in [3.8, 4) is 6.07 Å². The third-order valence-corrected chi connectivity index (χ3v) is 2.84. The molecule has 16 heavy (non-hydrogen) atoms. The fourth-order valence-corrected chi connectivity index (χ4v) is 1.97. The molecule has 1 aliphatic rings. The van der Waals surface area contributed by atoms with E-state index in [1.807, 2.05) is 18.2 Å². The average Bonchev–Trinajstić information content (AvgIpc) is 2.28. The van der Waals surface area contributed by atoms with Gasteiger partial charge in [0.1, 0.15) is 0 Å². The third kappa shape index (κ3) is 1.98.